The standard InChI is InChI=1S/C20H30N4.C18H26N4O4/c1-5-23(17-7-9-19(21)15(3)13-17)11-12-24(6-2)18-8-10-20(22)16(4)14-18;19-13-1-3-15(21)17(11-13)25-9-7-23-5-6-24-8-10-26-18-12-14(20)2-4-16(18)22/h7-10,13-14H,5-6,11-12,21-22H2,1-4H3;1-4,11-12H,5-10,19-22H2. The molecule has 0 spiro atoms. The second-order valence-electron chi connectivity index (χ2n) is 11.8. The van der Waals surface area contributed by atoms with E-state index >= 15 is 0 Å². The summed E-state index contributed by atoms with van der Waals surface area (Å²) < 4.78 is 21.9. The smallest absolute Gasteiger partial charge is 0.144 e. The van der Waals surface area contributed by atoms with Crippen molar-refractivity contribution in [1.29, 1.82) is 0 Å². The molecular formula is C38H56N8O4. The van der Waals surface area contributed by atoms with Gasteiger partial charge in [-0.3, -0.25) is 0 Å². The first-order valence-corrected chi connectivity index (χ1v) is 17.0. The number of aryl methyl sites for hydroxylation is 2. The molecule has 272 valence electrons. The van der Waals surface area contributed by atoms with E-state index in [0.717, 1.165) is 48.7 Å². The van der Waals surface area contributed by atoms with Crippen LogP contribution in [0.15, 0.2) is 72.8 Å². The molecule has 4 aromatic rings. The third-order valence-electron chi connectivity index (χ3n) is 8.06. The minimum Gasteiger partial charge on any atom is -0.489 e. The van der Waals surface area contributed by atoms with Gasteiger partial charge >= 0.3 is 0 Å². The van der Waals surface area contributed by atoms with E-state index in [2.05, 4.69) is 61.8 Å². The average Bonchev–Trinajstić information content (AvgIpc) is 3.10. The molecule has 12 nitrogen and oxygen atoms in total. The fourth-order valence-corrected chi connectivity index (χ4v) is 4.99. The van der Waals surface area contributed by atoms with Crippen LogP contribution in [-0.4, -0.2) is 65.8 Å². The first kappa shape index (κ1) is 39.2. The predicted octanol–water partition coefficient (Wildman–Crippen LogP) is 5.33. The number of nitrogens with zero attached hydrogens (tertiary/aromatic N) is 2. The lowest BCUT2D eigenvalue weighted by Crippen LogP contribution is -2.35. The third-order valence-corrected chi connectivity index (χ3v) is 8.06. The van der Waals surface area contributed by atoms with Gasteiger partial charge in [0.05, 0.1) is 37.8 Å². The van der Waals surface area contributed by atoms with Gasteiger partial charge in [0.15, 0.2) is 0 Å². The van der Waals surface area contributed by atoms with Gasteiger partial charge in [0, 0.05) is 72.4 Å². The predicted molar refractivity (Wildman–Crippen MR) is 210 cm³/mol. The minimum atomic E-state index is 0.380. The van der Waals surface area contributed by atoms with Crippen molar-refractivity contribution in [3.8, 4) is 11.5 Å². The maximum absolute atomic E-state index is 5.94. The summed E-state index contributed by atoms with van der Waals surface area (Å²) in [5.74, 6) is 1.12. The monoisotopic (exact) mass is 688 g/mol. The molecule has 4 rings (SSSR count). The van der Waals surface area contributed by atoms with Crippen molar-refractivity contribution in [3.63, 3.8) is 0 Å². The molecule has 0 saturated heterocycles. The molecule has 0 aliphatic rings. The molecule has 0 amide bonds. The number of hydrogen-bond acceptors (Lipinski definition) is 12. The Morgan fingerprint density at radius 3 is 1.18 bits per heavy atom. The molecule has 12 N–H and O–H groups in total. The highest BCUT2D eigenvalue weighted by Gasteiger charge is 2.10. The van der Waals surface area contributed by atoms with Gasteiger partial charge in [-0.25, -0.2) is 0 Å². The Hall–Kier alpha value is -5.20. The zero-order chi connectivity index (χ0) is 36.5. The second-order valence-corrected chi connectivity index (χ2v) is 11.8. The largest absolute Gasteiger partial charge is 0.489 e. The van der Waals surface area contributed by atoms with Crippen LogP contribution < -0.4 is 53.7 Å². The van der Waals surface area contributed by atoms with Gasteiger partial charge in [0.1, 0.15) is 24.7 Å². The molecule has 0 aliphatic carbocycles. The Kier molecular flexibility index (Phi) is 16.0. The molecule has 0 heterocycles. The number of hydrogen-bond donors (Lipinski definition) is 6. The van der Waals surface area contributed by atoms with Gasteiger partial charge in [0.2, 0.25) is 0 Å². The Morgan fingerprint density at radius 2 is 0.820 bits per heavy atom. The van der Waals surface area contributed by atoms with E-state index in [4.69, 9.17) is 53.3 Å². The molecule has 0 aromatic heterocycles. The van der Waals surface area contributed by atoms with Crippen LogP contribution in [0.25, 0.3) is 0 Å². The third kappa shape index (κ3) is 12.7. The van der Waals surface area contributed by atoms with Crippen molar-refractivity contribution in [2.45, 2.75) is 27.7 Å². The molecule has 12 heteroatoms. The fourth-order valence-electron chi connectivity index (χ4n) is 4.99. The Bertz CT molecular complexity index is 1500. The van der Waals surface area contributed by atoms with Crippen LogP contribution in [0.1, 0.15) is 25.0 Å². The topological polar surface area (TPSA) is 200 Å². The normalized spacial score (nSPS) is 10.6. The van der Waals surface area contributed by atoms with E-state index in [1.165, 1.54) is 11.4 Å². The summed E-state index contributed by atoms with van der Waals surface area (Å²) >= 11 is 0. The van der Waals surface area contributed by atoms with Crippen LogP contribution >= 0.6 is 0 Å². The minimum absolute atomic E-state index is 0.380. The summed E-state index contributed by atoms with van der Waals surface area (Å²) in [5, 5.41) is 0. The van der Waals surface area contributed by atoms with E-state index in [9.17, 15) is 0 Å². The van der Waals surface area contributed by atoms with Gasteiger partial charge in [-0.2, -0.15) is 0 Å². The van der Waals surface area contributed by atoms with Crippen LogP contribution in [-0.2, 0) is 9.47 Å². The summed E-state index contributed by atoms with van der Waals surface area (Å²) in [7, 11) is 0. The molecule has 0 bridgehead atoms. The lowest BCUT2D eigenvalue weighted by Gasteiger charge is -2.29. The summed E-state index contributed by atoms with van der Waals surface area (Å²) in [6, 6.07) is 22.8. The van der Waals surface area contributed by atoms with Crippen molar-refractivity contribution in [2.75, 3.05) is 110 Å². The van der Waals surface area contributed by atoms with Gasteiger partial charge in [-0.1, -0.05) is 0 Å². The molecular weight excluding hydrogens is 632 g/mol. The molecule has 0 atom stereocenters. The lowest BCUT2D eigenvalue weighted by molar-refractivity contribution is 0.0275. The van der Waals surface area contributed by atoms with E-state index < -0.39 is 0 Å². The first-order chi connectivity index (χ1) is 24.0. The number of rotatable bonds is 18. The summed E-state index contributed by atoms with van der Waals surface area (Å²) in [5.41, 5.74) is 43.5. The maximum atomic E-state index is 5.94. The highest BCUT2D eigenvalue weighted by molar-refractivity contribution is 5.61. The SMILES string of the molecule is CCN(CCN(CC)c1ccc(N)c(C)c1)c1ccc(N)c(C)c1.Nc1ccc(N)c(OCCOCCOCCOc2cc(N)ccc2N)c1. The van der Waals surface area contributed by atoms with Crippen LogP contribution in [0.3, 0.4) is 0 Å². The van der Waals surface area contributed by atoms with Crippen molar-refractivity contribution < 1.29 is 18.9 Å². The fraction of sp³-hybridized carbons (Fsp3) is 0.368. The quantitative estimate of drug-likeness (QED) is 0.0581. The van der Waals surface area contributed by atoms with E-state index in [-0.39, 0.29) is 0 Å². The highest BCUT2D eigenvalue weighted by Crippen LogP contribution is 2.25. The number of benzene rings is 4. The molecule has 50 heavy (non-hydrogen) atoms. The van der Waals surface area contributed by atoms with Crippen molar-refractivity contribution in [2.24, 2.45) is 0 Å². The molecule has 0 aliphatic heterocycles. The number of likely N-dealkylation sites (N-methyl/N-ethyl adjacent to an activating group) is 2. The summed E-state index contributed by atoms with van der Waals surface area (Å²) in [4.78, 5) is 4.78. The number of ether oxygens (including phenoxy) is 4. The molecule has 0 saturated carbocycles. The molecule has 0 unspecified atom stereocenters. The van der Waals surface area contributed by atoms with Gasteiger partial charge in [0.25, 0.3) is 0 Å². The maximum Gasteiger partial charge on any atom is 0.144 e. The Labute approximate surface area is 297 Å². The van der Waals surface area contributed by atoms with Crippen molar-refractivity contribution >= 4 is 45.5 Å². The lowest BCUT2D eigenvalue weighted by atomic mass is 10.1. The Balaban J connectivity index is 0.000000271. The molecule has 0 radical (unpaired) electrons. The summed E-state index contributed by atoms with van der Waals surface area (Å²) in [6.07, 6.45) is 0. The number of nitrogen functional groups attached to an aromatic ring is 6. The first-order valence-electron chi connectivity index (χ1n) is 17.0. The van der Waals surface area contributed by atoms with Crippen molar-refractivity contribution in [1.82, 2.24) is 0 Å². The van der Waals surface area contributed by atoms with Crippen LogP contribution in [0.5, 0.6) is 11.5 Å². The van der Waals surface area contributed by atoms with Crippen LogP contribution in [0.2, 0.25) is 0 Å². The van der Waals surface area contributed by atoms with E-state index in [1.807, 2.05) is 12.1 Å². The zero-order valence-electron chi connectivity index (χ0n) is 30.0. The highest BCUT2D eigenvalue weighted by atomic mass is 16.6. The Morgan fingerprint density at radius 1 is 0.460 bits per heavy atom. The van der Waals surface area contributed by atoms with E-state index in [0.29, 0.717) is 73.9 Å². The average molecular weight is 689 g/mol. The molecule has 0 fully saturated rings. The van der Waals surface area contributed by atoms with Gasteiger partial charge < -0.3 is 63.1 Å². The van der Waals surface area contributed by atoms with Crippen molar-refractivity contribution in [3.05, 3.63) is 83.9 Å². The van der Waals surface area contributed by atoms with Gasteiger partial charge in [-0.15, -0.1) is 0 Å². The molecule has 4 aromatic carbocycles. The second kappa shape index (κ2) is 20.3. The number of anilines is 8. The van der Waals surface area contributed by atoms with Crippen LogP contribution in [0.4, 0.5) is 45.5 Å². The van der Waals surface area contributed by atoms with E-state index in [1.54, 1.807) is 36.4 Å². The summed E-state index contributed by atoms with van der Waals surface area (Å²) in [6.45, 7) is 14.9. The zero-order valence-corrected chi connectivity index (χ0v) is 30.0. The van der Waals surface area contributed by atoms with Crippen LogP contribution in [0, 0.1) is 13.8 Å². The van der Waals surface area contributed by atoms with Gasteiger partial charge in [-0.05, 0) is 99.5 Å². The number of nitrogens with two attached hydrogens (primary N) is 6.